The van der Waals surface area contributed by atoms with Crippen molar-refractivity contribution < 1.29 is 20.4 Å². The summed E-state index contributed by atoms with van der Waals surface area (Å²) < 4.78 is 1.63. The Morgan fingerprint density at radius 3 is 2.04 bits per heavy atom. The zero-order valence-corrected chi connectivity index (χ0v) is 28.2. The summed E-state index contributed by atoms with van der Waals surface area (Å²) in [6.45, 7) is 4.36. The average molecular weight is 657 g/mol. The van der Waals surface area contributed by atoms with Crippen LogP contribution in [-0.4, -0.2) is 39.9 Å². The highest BCUT2D eigenvalue weighted by molar-refractivity contribution is 6.37. The number of para-hydroxylation sites is 1. The second-order valence-corrected chi connectivity index (χ2v) is 12.4. The number of hydrogen-bond acceptors (Lipinski definition) is 5. The number of anilines is 2. The summed E-state index contributed by atoms with van der Waals surface area (Å²) >= 11 is 0. The second-order valence-electron chi connectivity index (χ2n) is 12.4. The number of phenolic OH excluding ortho intramolecular Hbond substituents is 4. The number of phenols is 4. The third kappa shape index (κ3) is 5.32. The molecule has 6 aromatic carbocycles. The van der Waals surface area contributed by atoms with Crippen LogP contribution in [0.4, 0.5) is 11.4 Å². The van der Waals surface area contributed by atoms with Crippen molar-refractivity contribution in [1.29, 1.82) is 0 Å². The van der Waals surface area contributed by atoms with Crippen molar-refractivity contribution in [2.24, 2.45) is 0 Å². The van der Waals surface area contributed by atoms with Crippen LogP contribution in [0.15, 0.2) is 115 Å². The lowest BCUT2D eigenvalue weighted by Gasteiger charge is -2.21. The summed E-state index contributed by atoms with van der Waals surface area (Å²) in [4.78, 5) is 2.16. The molecule has 1 aromatic heterocycles. The zero-order valence-electron chi connectivity index (χ0n) is 28.2. The molecule has 0 saturated heterocycles. The lowest BCUT2D eigenvalue weighted by molar-refractivity contribution is 0.376. The summed E-state index contributed by atoms with van der Waals surface area (Å²) in [7, 11) is 7.80. The molecular formula is C43H37BN2O4. The fourth-order valence-corrected chi connectivity index (χ4v) is 6.98. The third-order valence-corrected chi connectivity index (χ3v) is 9.54. The van der Waals surface area contributed by atoms with Gasteiger partial charge in [0.1, 0.15) is 13.5 Å². The van der Waals surface area contributed by atoms with Gasteiger partial charge in [-0.25, -0.2) is 0 Å². The lowest BCUT2D eigenvalue weighted by Crippen LogP contribution is -2.09. The summed E-state index contributed by atoms with van der Waals surface area (Å²) in [5, 5.41) is 44.7. The minimum atomic E-state index is -0.704. The van der Waals surface area contributed by atoms with Gasteiger partial charge < -0.3 is 29.9 Å². The fourth-order valence-electron chi connectivity index (χ4n) is 6.98. The maximum atomic E-state index is 11.0. The molecule has 0 saturated carbocycles. The minimum absolute atomic E-state index is 0.162. The predicted octanol–water partition coefficient (Wildman–Crippen LogP) is 9.49. The van der Waals surface area contributed by atoms with Gasteiger partial charge in [-0.1, -0.05) is 98.8 Å². The molecule has 1 heterocycles. The summed E-state index contributed by atoms with van der Waals surface area (Å²) in [5.41, 5.74) is 9.67. The van der Waals surface area contributed by atoms with Gasteiger partial charge in [0.2, 0.25) is 0 Å². The van der Waals surface area contributed by atoms with E-state index in [9.17, 15) is 20.4 Å². The number of hydrogen-bond donors (Lipinski definition) is 4. The van der Waals surface area contributed by atoms with E-state index >= 15 is 0 Å². The molecule has 50 heavy (non-hydrogen) atoms. The maximum absolute atomic E-state index is 11.0. The largest absolute Gasteiger partial charge is 0.505 e. The average Bonchev–Trinajstić information content (AvgIpc) is 3.49. The van der Waals surface area contributed by atoms with Gasteiger partial charge in [0, 0.05) is 29.2 Å². The first-order valence-corrected chi connectivity index (χ1v) is 16.8. The zero-order chi connectivity index (χ0) is 35.1. The highest BCUT2D eigenvalue weighted by atomic mass is 16.3. The molecule has 0 bridgehead atoms. The maximum Gasteiger partial charge on any atom is 0.185 e. The van der Waals surface area contributed by atoms with Gasteiger partial charge in [0.05, 0.1) is 11.0 Å². The van der Waals surface area contributed by atoms with E-state index in [1.807, 2.05) is 48.5 Å². The topological polar surface area (TPSA) is 89.1 Å². The number of aromatic nitrogens is 1. The van der Waals surface area contributed by atoms with Crippen LogP contribution in [0.5, 0.6) is 23.0 Å². The highest BCUT2D eigenvalue weighted by Gasteiger charge is 2.26. The third-order valence-electron chi connectivity index (χ3n) is 9.54. The van der Waals surface area contributed by atoms with Gasteiger partial charge in [0.25, 0.3) is 0 Å². The van der Waals surface area contributed by atoms with Crippen LogP contribution in [0.1, 0.15) is 31.4 Å². The van der Waals surface area contributed by atoms with Gasteiger partial charge in [0.15, 0.2) is 23.0 Å². The van der Waals surface area contributed by atoms with E-state index in [1.54, 1.807) is 4.57 Å². The molecule has 0 atom stereocenters. The Labute approximate surface area is 292 Å². The van der Waals surface area contributed by atoms with Crippen LogP contribution >= 0.6 is 0 Å². The Morgan fingerprint density at radius 2 is 1.32 bits per heavy atom. The Kier molecular flexibility index (Phi) is 8.50. The van der Waals surface area contributed by atoms with Crippen molar-refractivity contribution in [3.63, 3.8) is 0 Å². The molecule has 0 amide bonds. The molecule has 0 aliphatic rings. The first kappa shape index (κ1) is 32.5. The Hall–Kier alpha value is -6.08. The van der Waals surface area contributed by atoms with Crippen molar-refractivity contribution in [2.75, 3.05) is 11.9 Å². The Balaban J connectivity index is 1.30. The molecule has 246 valence electrons. The van der Waals surface area contributed by atoms with Crippen molar-refractivity contribution in [3.05, 3.63) is 126 Å². The predicted molar refractivity (Wildman–Crippen MR) is 207 cm³/mol. The number of rotatable bonds is 8. The summed E-state index contributed by atoms with van der Waals surface area (Å²) in [6.07, 6.45) is 6.38. The van der Waals surface area contributed by atoms with Gasteiger partial charge in [-0.15, -0.1) is 0 Å². The standard InChI is InChI=1S/C43H37BN2O4/c1-4-6-12-26-13-10-17-32(31(26)5-2)27-21-23-29(24-22-27)45(3)30-15-9-14-28(25-30)33-18-11-20-36-37(33)34-16-7-8-19-35(34)46(36)39-42(49)40(47)38(44)41(48)43(39)50/h6-25,47-50H,4-5H2,1-3H3/b12-6-. The first-order valence-electron chi connectivity index (χ1n) is 16.8. The molecule has 2 radical (unpaired) electrons. The van der Waals surface area contributed by atoms with Crippen LogP contribution in [0.25, 0.3) is 55.8 Å². The van der Waals surface area contributed by atoms with Gasteiger partial charge in [-0.3, -0.25) is 0 Å². The smallest absolute Gasteiger partial charge is 0.185 e. The molecule has 4 N–H and O–H groups in total. The van der Waals surface area contributed by atoms with Crippen LogP contribution in [0.3, 0.4) is 0 Å². The van der Waals surface area contributed by atoms with Crippen molar-refractivity contribution in [1.82, 2.24) is 4.57 Å². The fraction of sp³-hybridized carbons (Fsp3) is 0.116. The van der Waals surface area contributed by atoms with E-state index in [2.05, 4.69) is 98.6 Å². The molecule has 0 spiro atoms. The highest BCUT2D eigenvalue weighted by Crippen LogP contribution is 2.47. The number of nitrogens with zero attached hydrogens (tertiary/aromatic N) is 2. The van der Waals surface area contributed by atoms with Crippen molar-refractivity contribution >= 4 is 52.6 Å². The number of allylic oxidation sites excluding steroid dienone is 1. The normalized spacial score (nSPS) is 11.6. The molecular weight excluding hydrogens is 619 g/mol. The monoisotopic (exact) mass is 656 g/mol. The molecule has 0 aliphatic heterocycles. The van der Waals surface area contributed by atoms with E-state index in [-0.39, 0.29) is 5.69 Å². The second kappa shape index (κ2) is 13.1. The van der Waals surface area contributed by atoms with E-state index in [0.717, 1.165) is 46.1 Å². The van der Waals surface area contributed by atoms with Crippen LogP contribution in [0.2, 0.25) is 0 Å². The number of fused-ring (bicyclic) bond motifs is 3. The first-order chi connectivity index (χ1) is 24.2. The molecule has 7 aromatic rings. The van der Waals surface area contributed by atoms with Crippen molar-refractivity contribution in [2.45, 2.75) is 26.7 Å². The van der Waals surface area contributed by atoms with Crippen molar-refractivity contribution in [3.8, 4) is 50.9 Å². The van der Waals surface area contributed by atoms with E-state index in [4.69, 9.17) is 7.85 Å². The van der Waals surface area contributed by atoms with Crippen LogP contribution in [0, 0.1) is 0 Å². The quantitative estimate of drug-likeness (QED) is 0.0744. The van der Waals surface area contributed by atoms with Crippen LogP contribution < -0.4 is 10.4 Å². The minimum Gasteiger partial charge on any atom is -0.505 e. The number of benzene rings is 6. The van der Waals surface area contributed by atoms with E-state index in [0.29, 0.717) is 11.0 Å². The molecule has 7 heteroatoms. The van der Waals surface area contributed by atoms with Gasteiger partial charge >= 0.3 is 0 Å². The van der Waals surface area contributed by atoms with E-state index < -0.39 is 28.5 Å². The summed E-state index contributed by atoms with van der Waals surface area (Å²) in [5.74, 6) is -2.67. The Bertz CT molecular complexity index is 2400. The van der Waals surface area contributed by atoms with Gasteiger partial charge in [-0.2, -0.15) is 0 Å². The molecule has 0 unspecified atom stereocenters. The van der Waals surface area contributed by atoms with Crippen LogP contribution in [-0.2, 0) is 6.42 Å². The van der Waals surface area contributed by atoms with E-state index in [1.165, 1.54) is 22.3 Å². The number of aromatic hydroxyl groups is 4. The SMILES string of the molecule is [B]c1c(O)c(O)c(-n2c3ccccc3c3c(-c4cccc(N(C)c5ccc(-c6cccc(/C=C\CC)c6CC)cc5)c4)cccc32)c(O)c1O. The van der Waals surface area contributed by atoms with Gasteiger partial charge in [-0.05, 0) is 88.1 Å². The molecule has 0 fully saturated rings. The Morgan fingerprint density at radius 1 is 0.660 bits per heavy atom. The molecule has 7 rings (SSSR count). The lowest BCUT2D eigenvalue weighted by atomic mass is 9.92. The summed E-state index contributed by atoms with van der Waals surface area (Å²) in [6, 6.07) is 36.9. The molecule has 0 aliphatic carbocycles. The molecule has 6 nitrogen and oxygen atoms in total.